The zero-order chi connectivity index (χ0) is 12.6. The van der Waals surface area contributed by atoms with Crippen molar-refractivity contribution in [2.75, 3.05) is 10.7 Å². The van der Waals surface area contributed by atoms with Gasteiger partial charge in [-0.05, 0) is 31.9 Å². The lowest BCUT2D eigenvalue weighted by molar-refractivity contribution is -0.211. The average Bonchev–Trinajstić information content (AvgIpc) is 2.72. The fourth-order valence-electron chi connectivity index (χ4n) is 1.97. The summed E-state index contributed by atoms with van der Waals surface area (Å²) in [7, 11) is 0. The molecule has 5 nitrogen and oxygen atoms in total. The number of fused-ring (bicyclic) bond motifs is 1. The summed E-state index contributed by atoms with van der Waals surface area (Å²) < 4.78 is 23.1. The SMILES string of the molecule is CSC(=O)O[C@@H]1[C@H]2OC(C)(C)O[C@H]2O[C@@H]1CI. The summed E-state index contributed by atoms with van der Waals surface area (Å²) in [6, 6.07) is 0. The molecule has 98 valence electrons. The van der Waals surface area contributed by atoms with Crippen LogP contribution in [0.3, 0.4) is 0 Å². The highest BCUT2D eigenvalue weighted by Gasteiger charge is 2.56. The molecule has 0 radical (unpaired) electrons. The number of thioether (sulfide) groups is 1. The standard InChI is InChI=1S/C10H15IO5S/c1-10(2)15-7-6(14-9(12)17-3)5(4-11)13-8(7)16-10/h5-8H,4H2,1-3H3/t5-,6+,7-,8-/m1/s1. The van der Waals surface area contributed by atoms with Crippen LogP contribution in [0, 0.1) is 0 Å². The molecule has 2 aliphatic heterocycles. The summed E-state index contributed by atoms with van der Waals surface area (Å²) in [4.78, 5) is 11.4. The van der Waals surface area contributed by atoms with Crippen molar-refractivity contribution >= 4 is 39.7 Å². The summed E-state index contributed by atoms with van der Waals surface area (Å²) in [5.41, 5.74) is 0. The lowest BCUT2D eigenvalue weighted by Crippen LogP contribution is -2.38. The maximum atomic E-state index is 11.4. The first-order valence-electron chi connectivity index (χ1n) is 5.28. The molecule has 2 rings (SSSR count). The molecule has 0 amide bonds. The van der Waals surface area contributed by atoms with Gasteiger partial charge in [0.15, 0.2) is 24.3 Å². The highest BCUT2D eigenvalue weighted by molar-refractivity contribution is 14.1. The molecular formula is C10H15IO5S. The maximum Gasteiger partial charge on any atom is 0.367 e. The van der Waals surface area contributed by atoms with Gasteiger partial charge in [-0.3, -0.25) is 0 Å². The molecule has 2 saturated heterocycles. The molecule has 0 aliphatic carbocycles. The molecule has 2 fully saturated rings. The Kier molecular flexibility index (Phi) is 4.24. The van der Waals surface area contributed by atoms with Gasteiger partial charge in [0.2, 0.25) is 0 Å². The van der Waals surface area contributed by atoms with Crippen LogP contribution in [0.25, 0.3) is 0 Å². The van der Waals surface area contributed by atoms with Crippen molar-refractivity contribution in [1.82, 2.24) is 0 Å². The van der Waals surface area contributed by atoms with Crippen LogP contribution in [0.4, 0.5) is 4.79 Å². The van der Waals surface area contributed by atoms with E-state index >= 15 is 0 Å². The van der Waals surface area contributed by atoms with Gasteiger partial charge in [0.05, 0.1) is 0 Å². The van der Waals surface area contributed by atoms with Crippen LogP contribution < -0.4 is 0 Å². The largest absolute Gasteiger partial charge is 0.448 e. The fourth-order valence-corrected chi connectivity index (χ4v) is 2.89. The van der Waals surface area contributed by atoms with E-state index in [9.17, 15) is 4.79 Å². The molecule has 17 heavy (non-hydrogen) atoms. The molecule has 7 heteroatoms. The Morgan fingerprint density at radius 3 is 2.76 bits per heavy atom. The van der Waals surface area contributed by atoms with Gasteiger partial charge in [-0.25, -0.2) is 4.79 Å². The van der Waals surface area contributed by atoms with E-state index in [1.54, 1.807) is 6.26 Å². The Morgan fingerprint density at radius 2 is 2.18 bits per heavy atom. The minimum absolute atomic E-state index is 0.169. The van der Waals surface area contributed by atoms with Crippen LogP contribution >= 0.6 is 34.4 Å². The number of hydrogen-bond donors (Lipinski definition) is 0. The van der Waals surface area contributed by atoms with Crippen molar-refractivity contribution in [1.29, 1.82) is 0 Å². The topological polar surface area (TPSA) is 54.0 Å². The molecule has 0 saturated carbocycles. The number of alkyl halides is 1. The van der Waals surface area contributed by atoms with Crippen LogP contribution in [0.15, 0.2) is 0 Å². The Labute approximate surface area is 118 Å². The first-order valence-corrected chi connectivity index (χ1v) is 8.03. The second-order valence-electron chi connectivity index (χ2n) is 4.33. The number of rotatable bonds is 2. The van der Waals surface area contributed by atoms with Crippen molar-refractivity contribution < 1.29 is 23.7 Å². The molecule has 0 N–H and O–H groups in total. The summed E-state index contributed by atoms with van der Waals surface area (Å²) in [5, 5.41) is -0.317. The van der Waals surface area contributed by atoms with Gasteiger partial charge in [-0.2, -0.15) is 0 Å². The number of hydrogen-bond acceptors (Lipinski definition) is 6. The Bertz CT molecular complexity index is 311. The highest BCUT2D eigenvalue weighted by Crippen LogP contribution is 2.39. The van der Waals surface area contributed by atoms with Gasteiger partial charge in [0.1, 0.15) is 6.10 Å². The molecule has 0 spiro atoms. The zero-order valence-corrected chi connectivity index (χ0v) is 12.8. The third kappa shape index (κ3) is 2.89. The Morgan fingerprint density at radius 1 is 1.47 bits per heavy atom. The van der Waals surface area contributed by atoms with Gasteiger partial charge < -0.3 is 18.9 Å². The molecule has 0 aromatic heterocycles. The van der Waals surface area contributed by atoms with E-state index in [4.69, 9.17) is 18.9 Å². The lowest BCUT2D eigenvalue weighted by Gasteiger charge is -2.24. The van der Waals surface area contributed by atoms with Crippen LogP contribution in [0.5, 0.6) is 0 Å². The molecule has 2 aliphatic rings. The number of carbonyl (C=O) groups excluding carboxylic acids is 1. The smallest absolute Gasteiger partial charge is 0.367 e. The summed E-state index contributed by atoms with van der Waals surface area (Å²) in [6.45, 7) is 3.64. The van der Waals surface area contributed by atoms with Gasteiger partial charge >= 0.3 is 5.30 Å². The normalized spacial score (nSPS) is 39.1. The predicted molar refractivity (Wildman–Crippen MR) is 71.4 cm³/mol. The van der Waals surface area contributed by atoms with Crippen molar-refractivity contribution in [3.05, 3.63) is 0 Å². The van der Waals surface area contributed by atoms with Crippen molar-refractivity contribution in [3.63, 3.8) is 0 Å². The van der Waals surface area contributed by atoms with E-state index < -0.39 is 18.2 Å². The second kappa shape index (κ2) is 5.20. The number of halogens is 1. The predicted octanol–water partition coefficient (Wildman–Crippen LogP) is 2.17. The summed E-state index contributed by atoms with van der Waals surface area (Å²) in [5.74, 6) is -0.685. The first kappa shape index (κ1) is 13.9. The van der Waals surface area contributed by atoms with E-state index in [2.05, 4.69) is 22.6 Å². The monoisotopic (exact) mass is 374 g/mol. The van der Waals surface area contributed by atoms with E-state index in [-0.39, 0.29) is 17.5 Å². The third-order valence-corrected chi connectivity index (χ3v) is 3.94. The summed E-state index contributed by atoms with van der Waals surface area (Å²) >= 11 is 3.24. The van der Waals surface area contributed by atoms with Crippen molar-refractivity contribution in [2.45, 2.75) is 44.2 Å². The minimum Gasteiger partial charge on any atom is -0.448 e. The van der Waals surface area contributed by atoms with E-state index in [0.29, 0.717) is 0 Å². The van der Waals surface area contributed by atoms with E-state index in [1.807, 2.05) is 13.8 Å². The van der Waals surface area contributed by atoms with E-state index in [1.165, 1.54) is 0 Å². The van der Waals surface area contributed by atoms with Crippen LogP contribution in [-0.4, -0.2) is 46.4 Å². The highest BCUT2D eigenvalue weighted by atomic mass is 127. The van der Waals surface area contributed by atoms with E-state index in [0.717, 1.165) is 16.2 Å². The zero-order valence-electron chi connectivity index (χ0n) is 9.84. The van der Waals surface area contributed by atoms with Gasteiger partial charge in [0.25, 0.3) is 0 Å². The number of ether oxygens (including phenoxy) is 4. The fraction of sp³-hybridized carbons (Fsp3) is 0.900. The summed E-state index contributed by atoms with van der Waals surface area (Å²) in [6.07, 6.45) is 0.353. The molecule has 0 unspecified atom stereocenters. The second-order valence-corrected chi connectivity index (χ2v) is 5.96. The van der Waals surface area contributed by atoms with Crippen molar-refractivity contribution in [2.24, 2.45) is 0 Å². The quantitative estimate of drug-likeness (QED) is 0.420. The van der Waals surface area contributed by atoms with Gasteiger partial charge in [-0.1, -0.05) is 22.6 Å². The lowest BCUT2D eigenvalue weighted by atomic mass is 10.1. The first-order chi connectivity index (χ1) is 7.96. The van der Waals surface area contributed by atoms with Gasteiger partial charge in [0, 0.05) is 4.43 Å². The van der Waals surface area contributed by atoms with Crippen LogP contribution in [0.2, 0.25) is 0 Å². The van der Waals surface area contributed by atoms with Gasteiger partial charge in [-0.15, -0.1) is 0 Å². The molecular weight excluding hydrogens is 359 g/mol. The average molecular weight is 374 g/mol. The Balaban J connectivity index is 2.08. The molecule has 0 aromatic carbocycles. The van der Waals surface area contributed by atoms with Crippen LogP contribution in [0.1, 0.15) is 13.8 Å². The maximum absolute atomic E-state index is 11.4. The van der Waals surface area contributed by atoms with Crippen LogP contribution in [-0.2, 0) is 18.9 Å². The molecule has 0 aromatic rings. The molecule has 2 heterocycles. The Hall–Kier alpha value is 0.430. The number of carbonyl (C=O) groups is 1. The van der Waals surface area contributed by atoms with Crippen molar-refractivity contribution in [3.8, 4) is 0 Å². The minimum atomic E-state index is -0.685. The third-order valence-electron chi connectivity index (χ3n) is 2.64. The molecule has 0 bridgehead atoms. The molecule has 4 atom stereocenters.